The van der Waals surface area contributed by atoms with Crippen LogP contribution in [0.15, 0.2) is 0 Å². The zero-order chi connectivity index (χ0) is 12.5. The summed E-state index contributed by atoms with van der Waals surface area (Å²) in [5.41, 5.74) is 5.32. The fourth-order valence-electron chi connectivity index (χ4n) is 1.92. The molecule has 0 atom stereocenters. The van der Waals surface area contributed by atoms with Gasteiger partial charge in [0.05, 0.1) is 13.2 Å². The van der Waals surface area contributed by atoms with Gasteiger partial charge in [-0.05, 0) is 19.4 Å². The smallest absolute Gasteiger partial charge is 0.293 e. The van der Waals surface area contributed by atoms with Gasteiger partial charge in [0.1, 0.15) is 0 Å². The molecular weight excluding hydrogens is 222 g/mol. The number of hydrogen-bond acceptors (Lipinski definition) is 5. The zero-order valence-electron chi connectivity index (χ0n) is 10.1. The Balaban J connectivity index is 2.06. The Bertz CT molecular complexity index is 240. The predicted molar refractivity (Wildman–Crippen MR) is 63.3 cm³/mol. The summed E-state index contributed by atoms with van der Waals surface area (Å²) >= 11 is 0. The molecule has 0 radical (unpaired) electrons. The molecule has 0 aromatic rings. The molecule has 0 saturated carbocycles. The molecule has 1 saturated heterocycles. The molecule has 0 aromatic heterocycles. The van der Waals surface area contributed by atoms with E-state index in [4.69, 9.17) is 5.73 Å². The molecule has 0 aromatic carbocycles. The molecule has 0 unspecified atom stereocenters. The summed E-state index contributed by atoms with van der Waals surface area (Å²) in [6.07, 6.45) is 1.90. The molecule has 1 fully saturated rings. The molecule has 1 amide bonds. The van der Waals surface area contributed by atoms with Crippen molar-refractivity contribution in [3.8, 4) is 0 Å². The van der Waals surface area contributed by atoms with Crippen molar-refractivity contribution in [3.63, 3.8) is 0 Å². The number of hydrogen-bond donors (Lipinski definition) is 1. The van der Waals surface area contributed by atoms with Gasteiger partial charge in [-0.3, -0.25) is 14.5 Å². The van der Waals surface area contributed by atoms with E-state index < -0.39 is 0 Å². The van der Waals surface area contributed by atoms with Crippen LogP contribution in [0.3, 0.4) is 0 Å². The average Bonchev–Trinajstić information content (AvgIpc) is 2.38. The van der Waals surface area contributed by atoms with Crippen molar-refractivity contribution in [1.82, 2.24) is 9.80 Å². The Kier molecular flexibility index (Phi) is 6.57. The maximum atomic E-state index is 11.3. The van der Waals surface area contributed by atoms with Crippen LogP contribution in [-0.2, 0) is 14.3 Å². The van der Waals surface area contributed by atoms with E-state index in [0.717, 1.165) is 45.6 Å². The lowest BCUT2D eigenvalue weighted by molar-refractivity contribution is -0.131. The minimum atomic E-state index is 0.0315. The summed E-state index contributed by atoms with van der Waals surface area (Å²) in [5.74, 6) is 0.0315. The molecule has 0 bridgehead atoms. The average molecular weight is 243 g/mol. The van der Waals surface area contributed by atoms with Gasteiger partial charge in [-0.25, -0.2) is 0 Å². The van der Waals surface area contributed by atoms with Crippen LogP contribution in [0.5, 0.6) is 0 Å². The first-order valence-electron chi connectivity index (χ1n) is 6.03. The number of piperazine rings is 1. The largest absolute Gasteiger partial charge is 0.468 e. The van der Waals surface area contributed by atoms with Gasteiger partial charge in [0.15, 0.2) is 0 Å². The third kappa shape index (κ3) is 5.14. The van der Waals surface area contributed by atoms with Crippen molar-refractivity contribution in [2.75, 3.05) is 45.9 Å². The van der Waals surface area contributed by atoms with Crippen LogP contribution in [0.1, 0.15) is 12.8 Å². The highest BCUT2D eigenvalue weighted by atomic mass is 16.5. The van der Waals surface area contributed by atoms with Crippen LogP contribution >= 0.6 is 0 Å². The normalized spacial score (nSPS) is 16.9. The fourth-order valence-corrected chi connectivity index (χ4v) is 1.92. The van der Waals surface area contributed by atoms with Crippen molar-refractivity contribution < 1.29 is 14.3 Å². The minimum absolute atomic E-state index is 0.0315. The van der Waals surface area contributed by atoms with Crippen molar-refractivity contribution >= 4 is 12.4 Å². The summed E-state index contributed by atoms with van der Waals surface area (Å²) in [5, 5.41) is 0. The Labute approximate surface area is 102 Å². The van der Waals surface area contributed by atoms with Gasteiger partial charge in [0.2, 0.25) is 5.91 Å². The number of rotatable bonds is 7. The van der Waals surface area contributed by atoms with E-state index in [2.05, 4.69) is 9.64 Å². The Hall–Kier alpha value is -1.14. The van der Waals surface area contributed by atoms with E-state index in [-0.39, 0.29) is 12.5 Å². The minimum Gasteiger partial charge on any atom is -0.468 e. The number of unbranched alkanes of at least 4 members (excludes halogenated alkanes) is 1. The first-order chi connectivity index (χ1) is 8.27. The fraction of sp³-hybridized carbons (Fsp3) is 0.818. The second kappa shape index (κ2) is 8.03. The van der Waals surface area contributed by atoms with Crippen molar-refractivity contribution in [2.45, 2.75) is 12.8 Å². The molecule has 0 aliphatic carbocycles. The summed E-state index contributed by atoms with van der Waals surface area (Å²) in [6, 6.07) is 0. The Morgan fingerprint density at radius 3 is 2.53 bits per heavy atom. The van der Waals surface area contributed by atoms with Gasteiger partial charge in [-0.1, -0.05) is 0 Å². The summed E-state index contributed by atoms with van der Waals surface area (Å²) in [4.78, 5) is 25.4. The quantitative estimate of drug-likeness (QED) is 0.460. The van der Waals surface area contributed by atoms with Crippen molar-refractivity contribution in [1.29, 1.82) is 0 Å². The van der Waals surface area contributed by atoms with Crippen molar-refractivity contribution in [3.05, 3.63) is 0 Å². The topological polar surface area (TPSA) is 75.9 Å². The van der Waals surface area contributed by atoms with Crippen LogP contribution in [-0.4, -0.2) is 68.1 Å². The molecular formula is C11H21N3O3. The SMILES string of the molecule is NCC(=O)N1CCN(CCCCOC=O)CC1. The summed E-state index contributed by atoms with van der Waals surface area (Å²) in [6.45, 7) is 5.41. The first kappa shape index (κ1) is 13.9. The number of amides is 1. The highest BCUT2D eigenvalue weighted by Gasteiger charge is 2.19. The molecule has 1 aliphatic rings. The Morgan fingerprint density at radius 2 is 1.94 bits per heavy atom. The highest BCUT2D eigenvalue weighted by Crippen LogP contribution is 2.03. The molecule has 1 heterocycles. The van der Waals surface area contributed by atoms with Gasteiger partial charge in [0.25, 0.3) is 6.47 Å². The Morgan fingerprint density at radius 1 is 1.24 bits per heavy atom. The molecule has 17 heavy (non-hydrogen) atoms. The number of ether oxygens (including phenoxy) is 1. The molecule has 1 aliphatic heterocycles. The lowest BCUT2D eigenvalue weighted by Crippen LogP contribution is -2.50. The predicted octanol–water partition coefficient (Wildman–Crippen LogP) is -0.957. The van der Waals surface area contributed by atoms with Gasteiger partial charge in [0, 0.05) is 26.2 Å². The van der Waals surface area contributed by atoms with Gasteiger partial charge in [-0.2, -0.15) is 0 Å². The number of carbonyl (C=O) groups excluding carboxylic acids is 2. The third-order valence-corrected chi connectivity index (χ3v) is 2.95. The standard InChI is InChI=1S/C11H21N3O3/c12-9-11(16)14-6-4-13(5-7-14)3-1-2-8-17-10-15/h10H,1-9,12H2. The molecule has 98 valence electrons. The molecule has 1 rings (SSSR count). The number of carbonyl (C=O) groups is 2. The van der Waals surface area contributed by atoms with Crippen LogP contribution in [0.2, 0.25) is 0 Å². The van der Waals surface area contributed by atoms with E-state index in [1.807, 2.05) is 4.90 Å². The first-order valence-corrected chi connectivity index (χ1v) is 6.03. The highest BCUT2D eigenvalue weighted by molar-refractivity contribution is 5.78. The summed E-state index contributed by atoms with van der Waals surface area (Å²) < 4.78 is 4.62. The van der Waals surface area contributed by atoms with E-state index in [1.54, 1.807) is 0 Å². The maximum Gasteiger partial charge on any atom is 0.293 e. The second-order valence-corrected chi connectivity index (χ2v) is 4.10. The monoisotopic (exact) mass is 243 g/mol. The van der Waals surface area contributed by atoms with Crippen LogP contribution in [0.25, 0.3) is 0 Å². The molecule has 6 heteroatoms. The lowest BCUT2D eigenvalue weighted by Gasteiger charge is -2.34. The molecule has 6 nitrogen and oxygen atoms in total. The van der Waals surface area contributed by atoms with E-state index >= 15 is 0 Å². The molecule has 0 spiro atoms. The van der Waals surface area contributed by atoms with Crippen LogP contribution in [0.4, 0.5) is 0 Å². The van der Waals surface area contributed by atoms with Gasteiger partial charge < -0.3 is 15.4 Å². The maximum absolute atomic E-state index is 11.3. The van der Waals surface area contributed by atoms with Crippen LogP contribution < -0.4 is 5.73 Å². The summed E-state index contributed by atoms with van der Waals surface area (Å²) in [7, 11) is 0. The molecule has 2 N–H and O–H groups in total. The second-order valence-electron chi connectivity index (χ2n) is 4.10. The van der Waals surface area contributed by atoms with Crippen molar-refractivity contribution in [2.24, 2.45) is 5.73 Å². The van der Waals surface area contributed by atoms with E-state index in [0.29, 0.717) is 13.1 Å². The van der Waals surface area contributed by atoms with Gasteiger partial charge >= 0.3 is 0 Å². The van der Waals surface area contributed by atoms with E-state index in [9.17, 15) is 9.59 Å². The van der Waals surface area contributed by atoms with E-state index in [1.165, 1.54) is 0 Å². The van der Waals surface area contributed by atoms with Crippen LogP contribution in [0, 0.1) is 0 Å². The number of nitrogens with zero attached hydrogens (tertiary/aromatic N) is 2. The zero-order valence-corrected chi connectivity index (χ0v) is 10.1. The lowest BCUT2D eigenvalue weighted by atomic mass is 10.2. The van der Waals surface area contributed by atoms with Gasteiger partial charge in [-0.15, -0.1) is 0 Å². The third-order valence-electron chi connectivity index (χ3n) is 2.95. The number of nitrogens with two attached hydrogens (primary N) is 1.